The van der Waals surface area contributed by atoms with Crippen molar-refractivity contribution in [3.63, 3.8) is 0 Å². The number of amidine groups is 1. The largest absolute Gasteiger partial charge is 0.434 e. The zero-order chi connectivity index (χ0) is 25.1. The predicted molar refractivity (Wildman–Crippen MR) is 134 cm³/mol. The van der Waals surface area contributed by atoms with Gasteiger partial charge in [0.1, 0.15) is 17.3 Å². The summed E-state index contributed by atoms with van der Waals surface area (Å²) in [6.07, 6.45) is 0.679. The smallest absolute Gasteiger partial charge is 0.327 e. The molecule has 0 bridgehead atoms. The van der Waals surface area contributed by atoms with Crippen LogP contribution in [0.2, 0.25) is 0 Å². The number of aliphatic imine (C=N–C) groups is 1. The van der Waals surface area contributed by atoms with E-state index in [4.69, 9.17) is 42.8 Å². The fourth-order valence-electron chi connectivity index (χ4n) is 3.49. The fourth-order valence-corrected chi connectivity index (χ4v) is 3.49. The summed E-state index contributed by atoms with van der Waals surface area (Å²) in [5.74, 6) is 1.36. The van der Waals surface area contributed by atoms with Crippen molar-refractivity contribution in [2.24, 2.45) is 22.2 Å². The molecule has 0 unspecified atom stereocenters. The molecule has 0 aliphatic heterocycles. The molecule has 0 atom stereocenters. The van der Waals surface area contributed by atoms with Crippen molar-refractivity contribution in [2.45, 2.75) is 26.8 Å². The summed E-state index contributed by atoms with van der Waals surface area (Å²) in [5.41, 5.74) is 25.0. The average Bonchev–Trinajstić information content (AvgIpc) is 3.19. The molecule has 2 heterocycles. The molecule has 0 aliphatic rings. The Kier molecular flexibility index (Phi) is 6.36. The van der Waals surface area contributed by atoms with Crippen molar-refractivity contribution in [1.29, 1.82) is 5.41 Å². The zero-order valence-electron chi connectivity index (χ0n) is 19.3. The lowest BCUT2D eigenvalue weighted by Crippen LogP contribution is -2.21. The first kappa shape index (κ1) is 23.3. The summed E-state index contributed by atoms with van der Waals surface area (Å²) >= 11 is 0. The third kappa shape index (κ3) is 4.76. The first-order valence-corrected chi connectivity index (χ1v) is 10.9. The van der Waals surface area contributed by atoms with Crippen LogP contribution in [0.3, 0.4) is 0 Å². The molecule has 0 saturated heterocycles. The Morgan fingerprint density at radius 1 is 1.00 bits per heavy atom. The van der Waals surface area contributed by atoms with Gasteiger partial charge >= 0.3 is 6.01 Å². The van der Waals surface area contributed by atoms with E-state index in [1.54, 1.807) is 42.5 Å². The van der Waals surface area contributed by atoms with E-state index in [1.807, 2.05) is 18.4 Å². The van der Waals surface area contributed by atoms with Gasteiger partial charge in [-0.1, -0.05) is 19.1 Å². The number of hydrogen-bond acceptors (Lipinski definition) is 8. The Hall–Kier alpha value is -4.87. The lowest BCUT2D eigenvalue weighted by atomic mass is 10.2. The average molecular weight is 475 g/mol. The van der Waals surface area contributed by atoms with E-state index in [2.05, 4.69) is 15.0 Å². The summed E-state index contributed by atoms with van der Waals surface area (Å²) in [7, 11) is 0. The van der Waals surface area contributed by atoms with Crippen LogP contribution in [0.25, 0.3) is 11.2 Å². The van der Waals surface area contributed by atoms with E-state index < -0.39 is 0 Å². The minimum Gasteiger partial charge on any atom is -0.434 e. The summed E-state index contributed by atoms with van der Waals surface area (Å²) in [5, 5.41) is 7.68. The highest BCUT2D eigenvalue weighted by molar-refractivity contribution is 5.96. The van der Waals surface area contributed by atoms with Crippen molar-refractivity contribution in [3.8, 4) is 23.4 Å². The number of para-hydroxylation sites is 2. The number of anilines is 1. The molecule has 4 rings (SSSR count). The van der Waals surface area contributed by atoms with Crippen molar-refractivity contribution >= 4 is 34.3 Å². The molecule has 12 nitrogen and oxygen atoms in total. The van der Waals surface area contributed by atoms with Gasteiger partial charge in [0.05, 0.1) is 5.69 Å². The highest BCUT2D eigenvalue weighted by atomic mass is 16.5. The number of rotatable bonds is 8. The normalized spacial score (nSPS) is 10.8. The third-order valence-electron chi connectivity index (χ3n) is 5.10. The van der Waals surface area contributed by atoms with E-state index >= 15 is 0 Å². The van der Waals surface area contributed by atoms with Crippen LogP contribution >= 0.6 is 0 Å². The quantitative estimate of drug-likeness (QED) is 0.144. The maximum Gasteiger partial charge on any atom is 0.327 e. The number of aromatic nitrogens is 4. The molecule has 4 aromatic rings. The molecular formula is C23H26N10O2. The van der Waals surface area contributed by atoms with Crippen LogP contribution in [-0.2, 0) is 13.0 Å². The van der Waals surface area contributed by atoms with Gasteiger partial charge in [-0.15, -0.1) is 0 Å². The minimum absolute atomic E-state index is 0.0172. The second-order valence-corrected chi connectivity index (χ2v) is 7.48. The van der Waals surface area contributed by atoms with E-state index in [-0.39, 0.29) is 29.4 Å². The molecule has 0 radical (unpaired) electrons. The third-order valence-corrected chi connectivity index (χ3v) is 5.10. The number of nitrogens with zero attached hydrogens (tertiary/aromatic N) is 5. The Morgan fingerprint density at radius 3 is 2.46 bits per heavy atom. The first-order valence-electron chi connectivity index (χ1n) is 10.9. The molecule has 0 saturated carbocycles. The number of guanidine groups is 1. The Balaban J connectivity index is 1.86. The van der Waals surface area contributed by atoms with Crippen LogP contribution < -0.4 is 32.4 Å². The molecule has 2 aromatic carbocycles. The lowest BCUT2D eigenvalue weighted by Gasteiger charge is -2.12. The Bertz CT molecular complexity index is 1440. The molecule has 9 N–H and O–H groups in total. The van der Waals surface area contributed by atoms with Gasteiger partial charge in [0.2, 0.25) is 0 Å². The summed E-state index contributed by atoms with van der Waals surface area (Å²) < 4.78 is 14.0. The van der Waals surface area contributed by atoms with Crippen molar-refractivity contribution in [1.82, 2.24) is 19.5 Å². The van der Waals surface area contributed by atoms with Crippen LogP contribution in [-0.4, -0.2) is 31.3 Å². The van der Waals surface area contributed by atoms with Crippen molar-refractivity contribution < 1.29 is 9.47 Å². The molecule has 0 aliphatic carbocycles. The number of ether oxygens (including phenoxy) is 2. The van der Waals surface area contributed by atoms with E-state index in [9.17, 15) is 0 Å². The van der Waals surface area contributed by atoms with Gasteiger partial charge in [-0.3, -0.25) is 5.41 Å². The highest BCUT2D eigenvalue weighted by Gasteiger charge is 2.20. The summed E-state index contributed by atoms with van der Waals surface area (Å²) in [4.78, 5) is 17.9. The first-order chi connectivity index (χ1) is 16.8. The van der Waals surface area contributed by atoms with Gasteiger partial charge in [-0.2, -0.15) is 9.97 Å². The van der Waals surface area contributed by atoms with Crippen molar-refractivity contribution in [2.75, 3.05) is 5.73 Å². The SMILES string of the molecule is CCc1nc2c(Oc3ccccc3N=C(N)N)nc(Oc3cc(C(=N)N)ccc3N)nc2n1CC. The molecule has 12 heteroatoms. The molecule has 0 spiro atoms. The maximum absolute atomic E-state index is 7.68. The van der Waals surface area contributed by atoms with E-state index in [1.165, 1.54) is 0 Å². The van der Waals surface area contributed by atoms with Gasteiger partial charge in [-0.25, -0.2) is 9.98 Å². The van der Waals surface area contributed by atoms with E-state index in [0.29, 0.717) is 46.8 Å². The zero-order valence-corrected chi connectivity index (χ0v) is 19.3. The molecular weight excluding hydrogens is 448 g/mol. The number of imidazole rings is 1. The fraction of sp³-hybridized carbons (Fsp3) is 0.174. The topological polar surface area (TPSA) is 202 Å². The number of nitrogens with one attached hydrogen (secondary N) is 1. The van der Waals surface area contributed by atoms with Crippen LogP contribution in [0.5, 0.6) is 23.4 Å². The molecule has 180 valence electrons. The van der Waals surface area contributed by atoms with Crippen LogP contribution in [0.15, 0.2) is 47.5 Å². The number of benzene rings is 2. The van der Waals surface area contributed by atoms with Gasteiger partial charge in [0, 0.05) is 18.5 Å². The second kappa shape index (κ2) is 9.55. The number of fused-ring (bicyclic) bond motifs is 1. The van der Waals surface area contributed by atoms with Crippen LogP contribution in [0, 0.1) is 5.41 Å². The highest BCUT2D eigenvalue weighted by Crippen LogP contribution is 2.36. The number of aryl methyl sites for hydroxylation is 2. The monoisotopic (exact) mass is 474 g/mol. The molecule has 35 heavy (non-hydrogen) atoms. The van der Waals surface area contributed by atoms with Gasteiger partial charge in [-0.05, 0) is 37.3 Å². The van der Waals surface area contributed by atoms with Gasteiger partial charge in [0.15, 0.2) is 28.6 Å². The van der Waals surface area contributed by atoms with Crippen LogP contribution in [0.1, 0.15) is 25.2 Å². The Labute approximate surface area is 201 Å². The summed E-state index contributed by atoms with van der Waals surface area (Å²) in [6.45, 7) is 4.62. The molecule has 0 amide bonds. The van der Waals surface area contributed by atoms with Gasteiger partial charge in [0.25, 0.3) is 5.88 Å². The standard InChI is InChI=1S/C23H26N10O2/c1-3-17-30-18-20(33(17)4-2)31-23(35-16-11-12(19(25)26)9-10-13(16)24)32-21(18)34-15-8-6-5-7-14(15)29-22(27)28/h5-11H,3-4,24H2,1-2H3,(H3,25,26)(H4,27,28,29). The number of nitrogens with two attached hydrogens (primary N) is 4. The van der Waals surface area contributed by atoms with Crippen LogP contribution in [0.4, 0.5) is 11.4 Å². The maximum atomic E-state index is 7.68. The molecule has 0 fully saturated rings. The summed E-state index contributed by atoms with van der Waals surface area (Å²) in [6, 6.07) is 11.7. The van der Waals surface area contributed by atoms with Gasteiger partial charge < -0.3 is 37.0 Å². The van der Waals surface area contributed by atoms with Crippen molar-refractivity contribution in [3.05, 3.63) is 53.9 Å². The molecule has 2 aromatic heterocycles. The second-order valence-electron chi connectivity index (χ2n) is 7.48. The number of hydrogen-bond donors (Lipinski definition) is 5. The Morgan fingerprint density at radius 2 is 1.77 bits per heavy atom. The predicted octanol–water partition coefficient (Wildman–Crippen LogP) is 2.76. The number of nitrogen functional groups attached to an aromatic ring is 2. The minimum atomic E-state index is -0.122. The lowest BCUT2D eigenvalue weighted by molar-refractivity contribution is 0.417. The van der Waals surface area contributed by atoms with E-state index in [0.717, 1.165) is 5.82 Å².